The number of urea groups is 1. The van der Waals surface area contributed by atoms with Crippen molar-refractivity contribution in [3.63, 3.8) is 0 Å². The van der Waals surface area contributed by atoms with Crippen molar-refractivity contribution < 1.29 is 9.90 Å². The molecule has 1 atom stereocenters. The standard InChI is InChI=1S/C20H24ClN3O2/c21-17-6-4-15(5-7-17)18(16-8-12-22-13-9-16)24-19(25)23-14-20(26)10-2-1-3-11-20/h4-9,12-13,18,26H,1-3,10-11,14H2,(H2,23,24,25)/t18-/m1/s1. The Morgan fingerprint density at radius 2 is 1.69 bits per heavy atom. The first kappa shape index (κ1) is 18.7. The van der Waals surface area contributed by atoms with Gasteiger partial charge in [-0.3, -0.25) is 4.98 Å². The number of carbonyl (C=O) groups is 1. The number of hydrogen-bond acceptors (Lipinski definition) is 3. The van der Waals surface area contributed by atoms with Crippen LogP contribution < -0.4 is 10.6 Å². The van der Waals surface area contributed by atoms with Gasteiger partial charge in [0.15, 0.2) is 0 Å². The first-order valence-electron chi connectivity index (χ1n) is 8.98. The molecule has 1 aliphatic carbocycles. The van der Waals surface area contributed by atoms with Crippen molar-refractivity contribution in [3.05, 3.63) is 64.9 Å². The van der Waals surface area contributed by atoms with Gasteiger partial charge in [0.25, 0.3) is 0 Å². The molecule has 1 aromatic heterocycles. The van der Waals surface area contributed by atoms with Gasteiger partial charge in [-0.1, -0.05) is 43.0 Å². The first-order chi connectivity index (χ1) is 12.6. The van der Waals surface area contributed by atoms with Gasteiger partial charge in [-0.15, -0.1) is 0 Å². The van der Waals surface area contributed by atoms with E-state index in [1.807, 2.05) is 24.3 Å². The van der Waals surface area contributed by atoms with Crippen LogP contribution >= 0.6 is 11.6 Å². The van der Waals surface area contributed by atoms with Gasteiger partial charge >= 0.3 is 6.03 Å². The lowest BCUT2D eigenvalue weighted by atomic mass is 9.85. The van der Waals surface area contributed by atoms with E-state index in [-0.39, 0.29) is 18.6 Å². The zero-order valence-corrected chi connectivity index (χ0v) is 15.4. The van der Waals surface area contributed by atoms with E-state index in [1.54, 1.807) is 24.5 Å². The smallest absolute Gasteiger partial charge is 0.315 e. The molecule has 0 spiro atoms. The number of aromatic nitrogens is 1. The highest BCUT2D eigenvalue weighted by molar-refractivity contribution is 6.30. The average Bonchev–Trinajstić information content (AvgIpc) is 2.67. The summed E-state index contributed by atoms with van der Waals surface area (Å²) in [5.41, 5.74) is 1.06. The third-order valence-corrected chi connectivity index (χ3v) is 5.13. The maximum Gasteiger partial charge on any atom is 0.315 e. The summed E-state index contributed by atoms with van der Waals surface area (Å²) >= 11 is 5.98. The molecule has 1 aliphatic rings. The Kier molecular flexibility index (Phi) is 6.12. The third kappa shape index (κ3) is 4.96. The third-order valence-electron chi connectivity index (χ3n) is 4.88. The van der Waals surface area contributed by atoms with Crippen LogP contribution in [0.15, 0.2) is 48.8 Å². The van der Waals surface area contributed by atoms with E-state index in [2.05, 4.69) is 15.6 Å². The highest BCUT2D eigenvalue weighted by Gasteiger charge is 2.29. The van der Waals surface area contributed by atoms with Crippen LogP contribution in [0.3, 0.4) is 0 Å². The number of carbonyl (C=O) groups excluding carboxylic acids is 1. The van der Waals surface area contributed by atoms with Crippen molar-refractivity contribution in [2.75, 3.05) is 6.54 Å². The van der Waals surface area contributed by atoms with Crippen LogP contribution in [0.5, 0.6) is 0 Å². The van der Waals surface area contributed by atoms with E-state index >= 15 is 0 Å². The molecule has 3 rings (SSSR count). The van der Waals surface area contributed by atoms with Crippen molar-refractivity contribution in [2.45, 2.75) is 43.7 Å². The second kappa shape index (κ2) is 8.52. The molecular formula is C20H24ClN3O2. The van der Waals surface area contributed by atoms with Gasteiger partial charge in [0, 0.05) is 24.0 Å². The molecule has 0 radical (unpaired) electrons. The van der Waals surface area contributed by atoms with Crippen LogP contribution in [0.2, 0.25) is 5.02 Å². The minimum absolute atomic E-state index is 0.266. The molecule has 2 aromatic rings. The Morgan fingerprint density at radius 3 is 2.35 bits per heavy atom. The van der Waals surface area contributed by atoms with Gasteiger partial charge in [-0.05, 0) is 48.2 Å². The number of nitrogens with zero attached hydrogens (tertiary/aromatic N) is 1. The van der Waals surface area contributed by atoms with Crippen LogP contribution in [0.1, 0.15) is 49.3 Å². The maximum atomic E-state index is 12.5. The van der Waals surface area contributed by atoms with Crippen molar-refractivity contribution in [2.24, 2.45) is 0 Å². The summed E-state index contributed by atoms with van der Waals surface area (Å²) in [4.78, 5) is 16.5. The molecule has 3 N–H and O–H groups in total. The Labute approximate surface area is 158 Å². The molecule has 138 valence electrons. The molecule has 26 heavy (non-hydrogen) atoms. The van der Waals surface area contributed by atoms with Gasteiger partial charge < -0.3 is 15.7 Å². The van der Waals surface area contributed by atoms with Crippen LogP contribution in [-0.2, 0) is 0 Å². The molecule has 0 saturated heterocycles. The lowest BCUT2D eigenvalue weighted by Crippen LogP contribution is -2.48. The normalized spacial score (nSPS) is 17.3. The number of benzene rings is 1. The van der Waals surface area contributed by atoms with E-state index in [9.17, 15) is 9.90 Å². The number of rotatable bonds is 5. The Balaban J connectivity index is 1.69. The van der Waals surface area contributed by atoms with Crippen LogP contribution in [-0.4, -0.2) is 28.3 Å². The second-order valence-corrected chi connectivity index (χ2v) is 7.31. The second-order valence-electron chi connectivity index (χ2n) is 6.88. The molecule has 5 nitrogen and oxygen atoms in total. The van der Waals surface area contributed by atoms with Gasteiger partial charge in [0.1, 0.15) is 0 Å². The molecule has 0 bridgehead atoms. The molecule has 1 fully saturated rings. The van der Waals surface area contributed by atoms with Crippen LogP contribution in [0.4, 0.5) is 4.79 Å². The van der Waals surface area contributed by atoms with Crippen molar-refractivity contribution in [1.82, 2.24) is 15.6 Å². The van der Waals surface area contributed by atoms with E-state index in [4.69, 9.17) is 11.6 Å². The zero-order chi connectivity index (χ0) is 18.4. The van der Waals surface area contributed by atoms with Crippen LogP contribution in [0, 0.1) is 0 Å². The summed E-state index contributed by atoms with van der Waals surface area (Å²) in [6, 6.07) is 10.5. The molecule has 1 aromatic carbocycles. The Hall–Kier alpha value is -2.11. The van der Waals surface area contributed by atoms with Gasteiger partial charge in [0.05, 0.1) is 11.6 Å². The summed E-state index contributed by atoms with van der Waals surface area (Å²) in [5, 5.41) is 17.0. The lowest BCUT2D eigenvalue weighted by molar-refractivity contribution is 0.00715. The number of aliphatic hydroxyl groups is 1. The van der Waals surface area contributed by atoms with Crippen LogP contribution in [0.25, 0.3) is 0 Å². The zero-order valence-electron chi connectivity index (χ0n) is 14.6. The fourth-order valence-electron chi connectivity index (χ4n) is 3.38. The quantitative estimate of drug-likeness (QED) is 0.745. The van der Waals surface area contributed by atoms with Gasteiger partial charge in [0.2, 0.25) is 0 Å². The summed E-state index contributed by atoms with van der Waals surface area (Å²) in [6.07, 6.45) is 8.02. The number of pyridine rings is 1. The number of amides is 2. The van der Waals surface area contributed by atoms with Gasteiger partial charge in [-0.25, -0.2) is 4.79 Å². The summed E-state index contributed by atoms with van der Waals surface area (Å²) in [7, 11) is 0. The fourth-order valence-corrected chi connectivity index (χ4v) is 3.51. The predicted octanol–water partition coefficient (Wildman–Crippen LogP) is 3.82. The van der Waals surface area contributed by atoms with Crippen molar-refractivity contribution in [3.8, 4) is 0 Å². The maximum absolute atomic E-state index is 12.5. The number of nitrogens with one attached hydrogen (secondary N) is 2. The van der Waals surface area contributed by atoms with Crippen molar-refractivity contribution >= 4 is 17.6 Å². The molecule has 0 aliphatic heterocycles. The summed E-state index contributed by atoms with van der Waals surface area (Å²) in [5.74, 6) is 0. The largest absolute Gasteiger partial charge is 0.388 e. The minimum atomic E-state index is -0.790. The average molecular weight is 374 g/mol. The molecule has 6 heteroatoms. The van der Waals surface area contributed by atoms with E-state index in [0.29, 0.717) is 5.02 Å². The predicted molar refractivity (Wildman–Crippen MR) is 102 cm³/mol. The Bertz CT molecular complexity index is 716. The minimum Gasteiger partial charge on any atom is -0.388 e. The molecule has 1 saturated carbocycles. The van der Waals surface area contributed by atoms with E-state index in [0.717, 1.165) is 43.2 Å². The highest BCUT2D eigenvalue weighted by Crippen LogP contribution is 2.27. The molecule has 0 unspecified atom stereocenters. The van der Waals surface area contributed by atoms with E-state index in [1.165, 1.54) is 0 Å². The number of hydrogen-bond donors (Lipinski definition) is 3. The molecule has 1 heterocycles. The highest BCUT2D eigenvalue weighted by atomic mass is 35.5. The summed E-state index contributed by atoms with van der Waals surface area (Å²) < 4.78 is 0. The van der Waals surface area contributed by atoms with E-state index < -0.39 is 5.60 Å². The van der Waals surface area contributed by atoms with Gasteiger partial charge in [-0.2, -0.15) is 0 Å². The topological polar surface area (TPSA) is 74.2 Å². The number of halogens is 1. The molecule has 2 amide bonds. The monoisotopic (exact) mass is 373 g/mol. The Morgan fingerprint density at radius 1 is 1.08 bits per heavy atom. The SMILES string of the molecule is O=C(NCC1(O)CCCCC1)N[C@@H](c1ccncc1)c1ccc(Cl)cc1. The fraction of sp³-hybridized carbons (Fsp3) is 0.400. The summed E-state index contributed by atoms with van der Waals surface area (Å²) in [6.45, 7) is 0.266. The van der Waals surface area contributed by atoms with Crippen molar-refractivity contribution in [1.29, 1.82) is 0 Å². The molecular weight excluding hydrogens is 350 g/mol. The lowest BCUT2D eigenvalue weighted by Gasteiger charge is -2.32. The first-order valence-corrected chi connectivity index (χ1v) is 9.36.